The number of nitrogens with zero attached hydrogens (tertiary/aromatic N) is 6. The number of aromatic nitrogens is 6. The highest BCUT2D eigenvalue weighted by molar-refractivity contribution is 8.76. The van der Waals surface area contributed by atoms with E-state index in [2.05, 4.69) is 48.5 Å². The topological polar surface area (TPSA) is 78.8 Å². The maximum Gasteiger partial charge on any atom is 0.201 e. The van der Waals surface area contributed by atoms with Gasteiger partial charge in [0.05, 0.1) is 48.0 Å². The molecular weight excluding hydrogens is 637 g/mol. The van der Waals surface area contributed by atoms with Crippen molar-refractivity contribution in [3.05, 3.63) is 133 Å². The molecule has 0 N–H and O–H groups in total. The van der Waals surface area contributed by atoms with E-state index in [0.29, 0.717) is 10.3 Å². The third kappa shape index (κ3) is 5.87. The fraction of sp³-hybridized carbons (Fsp3) is 0.0526. The third-order valence-corrected chi connectivity index (χ3v) is 9.99. The molecule has 0 aliphatic heterocycles. The van der Waals surface area contributed by atoms with Crippen molar-refractivity contribution in [1.29, 1.82) is 0 Å². The molecule has 0 saturated carbocycles. The minimum absolute atomic E-state index is 0.714. The molecule has 4 aromatic carbocycles. The standard InChI is InChI=1S/C38H28N6O2S2/c1-45-31-17-13-27(14-18-31)33-21-29-23-35(25-9-5-3-6-10-25)41-43(29)37(39-33)47-48-38-40-34(28-15-19-32(46-2)20-16-28)22-30-24-36(42-44(30)38)26-11-7-4-8-12-26/h3-24H,1-2H3. The van der Waals surface area contributed by atoms with E-state index in [1.807, 2.05) is 94.0 Å². The van der Waals surface area contributed by atoms with Crippen molar-refractivity contribution < 1.29 is 9.47 Å². The normalized spacial score (nSPS) is 11.3. The summed E-state index contributed by atoms with van der Waals surface area (Å²) in [6, 6.07) is 44.5. The Hall–Kier alpha value is -5.58. The number of hydrogen-bond acceptors (Lipinski definition) is 8. The van der Waals surface area contributed by atoms with Crippen LogP contribution in [0, 0.1) is 0 Å². The Labute approximate surface area is 284 Å². The Morgan fingerprint density at radius 3 is 1.17 bits per heavy atom. The summed E-state index contributed by atoms with van der Waals surface area (Å²) in [5.41, 5.74) is 9.33. The molecule has 0 amide bonds. The molecule has 0 aliphatic carbocycles. The van der Waals surface area contributed by atoms with Crippen LogP contribution in [0.4, 0.5) is 0 Å². The Kier molecular flexibility index (Phi) is 8.01. The Bertz CT molecular complexity index is 2190. The molecule has 0 fully saturated rings. The summed E-state index contributed by atoms with van der Waals surface area (Å²) in [6.07, 6.45) is 0. The Morgan fingerprint density at radius 2 is 0.792 bits per heavy atom. The van der Waals surface area contributed by atoms with E-state index in [4.69, 9.17) is 29.6 Å². The van der Waals surface area contributed by atoms with Crippen molar-refractivity contribution in [1.82, 2.24) is 29.2 Å². The summed E-state index contributed by atoms with van der Waals surface area (Å²) in [6.45, 7) is 0. The lowest BCUT2D eigenvalue weighted by Gasteiger charge is -2.10. The number of methoxy groups -OCH3 is 2. The largest absolute Gasteiger partial charge is 0.497 e. The van der Waals surface area contributed by atoms with Gasteiger partial charge in [-0.3, -0.25) is 0 Å². The smallest absolute Gasteiger partial charge is 0.201 e. The average Bonchev–Trinajstić information content (AvgIpc) is 3.80. The molecule has 8 aromatic rings. The summed E-state index contributed by atoms with van der Waals surface area (Å²) in [5.74, 6) is 1.59. The quantitative estimate of drug-likeness (QED) is 0.112. The predicted molar refractivity (Wildman–Crippen MR) is 193 cm³/mol. The monoisotopic (exact) mass is 664 g/mol. The van der Waals surface area contributed by atoms with Crippen LogP contribution >= 0.6 is 21.6 Å². The molecule has 0 atom stereocenters. The SMILES string of the molecule is COc1ccc(-c2cc3cc(-c4ccccc4)nn3c(SSc3nc(-c4ccc(OC)cc4)cc4cc(-c5ccccc5)nn34)n2)cc1. The van der Waals surface area contributed by atoms with Gasteiger partial charge in [0.25, 0.3) is 0 Å². The van der Waals surface area contributed by atoms with Gasteiger partial charge in [-0.25, -0.2) is 19.0 Å². The molecule has 48 heavy (non-hydrogen) atoms. The molecule has 234 valence electrons. The zero-order valence-electron chi connectivity index (χ0n) is 26.0. The van der Waals surface area contributed by atoms with Crippen LogP contribution in [0.2, 0.25) is 0 Å². The van der Waals surface area contributed by atoms with E-state index < -0.39 is 0 Å². The summed E-state index contributed by atoms with van der Waals surface area (Å²) in [4.78, 5) is 10.2. The van der Waals surface area contributed by atoms with Gasteiger partial charge in [-0.05, 0) is 94.4 Å². The van der Waals surface area contributed by atoms with Crippen molar-refractivity contribution in [2.45, 2.75) is 10.3 Å². The summed E-state index contributed by atoms with van der Waals surface area (Å²) in [7, 11) is 6.32. The third-order valence-electron chi connectivity index (χ3n) is 7.94. The molecule has 8 rings (SSSR count). The van der Waals surface area contributed by atoms with E-state index in [0.717, 1.165) is 67.6 Å². The van der Waals surface area contributed by atoms with Crippen molar-refractivity contribution in [2.75, 3.05) is 14.2 Å². The minimum Gasteiger partial charge on any atom is -0.497 e. The van der Waals surface area contributed by atoms with Gasteiger partial charge in [0.1, 0.15) is 11.5 Å². The van der Waals surface area contributed by atoms with Crippen molar-refractivity contribution in [3.63, 3.8) is 0 Å². The van der Waals surface area contributed by atoms with Crippen molar-refractivity contribution >= 4 is 32.6 Å². The first-order valence-electron chi connectivity index (χ1n) is 15.2. The molecule has 0 radical (unpaired) electrons. The molecular formula is C38H28N6O2S2. The maximum atomic E-state index is 5.39. The van der Waals surface area contributed by atoms with Crippen LogP contribution in [0.25, 0.3) is 56.1 Å². The van der Waals surface area contributed by atoms with Gasteiger partial charge in [0.2, 0.25) is 10.3 Å². The van der Waals surface area contributed by atoms with Crippen molar-refractivity contribution in [3.8, 4) is 56.5 Å². The van der Waals surface area contributed by atoms with E-state index in [1.165, 1.54) is 21.6 Å². The first-order valence-corrected chi connectivity index (χ1v) is 17.4. The van der Waals surface area contributed by atoms with Gasteiger partial charge in [-0.1, -0.05) is 60.7 Å². The van der Waals surface area contributed by atoms with Crippen LogP contribution in [-0.4, -0.2) is 43.4 Å². The highest BCUT2D eigenvalue weighted by Gasteiger charge is 2.18. The number of benzene rings is 4. The molecule has 0 unspecified atom stereocenters. The summed E-state index contributed by atoms with van der Waals surface area (Å²) in [5, 5.41) is 11.4. The molecule has 4 heterocycles. The van der Waals surface area contributed by atoms with Gasteiger partial charge < -0.3 is 9.47 Å². The minimum atomic E-state index is 0.714. The maximum absolute atomic E-state index is 5.39. The zero-order chi connectivity index (χ0) is 32.5. The van der Waals surface area contributed by atoms with E-state index in [-0.39, 0.29) is 0 Å². The summed E-state index contributed by atoms with van der Waals surface area (Å²) < 4.78 is 14.6. The number of fused-ring (bicyclic) bond motifs is 2. The van der Waals surface area contributed by atoms with Crippen LogP contribution in [0.3, 0.4) is 0 Å². The molecule has 0 saturated heterocycles. The van der Waals surface area contributed by atoms with Crippen LogP contribution in [0.5, 0.6) is 11.5 Å². The van der Waals surface area contributed by atoms with Gasteiger partial charge in [-0.15, -0.1) is 0 Å². The van der Waals surface area contributed by atoms with Crippen LogP contribution in [0.1, 0.15) is 0 Å². The molecule has 0 bridgehead atoms. The molecule has 0 spiro atoms. The van der Waals surface area contributed by atoms with Gasteiger partial charge in [0.15, 0.2) is 0 Å². The first kappa shape index (κ1) is 29.8. The average molecular weight is 665 g/mol. The number of ether oxygens (including phenoxy) is 2. The second-order valence-corrected chi connectivity index (χ2v) is 13.0. The lowest BCUT2D eigenvalue weighted by atomic mass is 10.1. The van der Waals surface area contributed by atoms with Crippen LogP contribution in [-0.2, 0) is 0 Å². The van der Waals surface area contributed by atoms with E-state index in [1.54, 1.807) is 14.2 Å². The molecule has 8 nitrogen and oxygen atoms in total. The second-order valence-electron chi connectivity index (χ2n) is 10.9. The fourth-order valence-corrected chi connectivity index (χ4v) is 7.40. The summed E-state index contributed by atoms with van der Waals surface area (Å²) >= 11 is 0. The second kappa shape index (κ2) is 12.9. The van der Waals surface area contributed by atoms with Gasteiger partial charge in [-0.2, -0.15) is 10.2 Å². The molecule has 10 heteroatoms. The highest BCUT2D eigenvalue weighted by atomic mass is 33.1. The van der Waals surface area contributed by atoms with E-state index in [9.17, 15) is 0 Å². The lowest BCUT2D eigenvalue weighted by Crippen LogP contribution is -2.00. The molecule has 0 aliphatic rings. The molecule has 4 aromatic heterocycles. The van der Waals surface area contributed by atoms with Gasteiger partial charge >= 0.3 is 0 Å². The number of hydrogen-bond donors (Lipinski definition) is 0. The lowest BCUT2D eigenvalue weighted by molar-refractivity contribution is 0.415. The van der Waals surface area contributed by atoms with E-state index >= 15 is 0 Å². The predicted octanol–water partition coefficient (Wildman–Crippen LogP) is 9.26. The van der Waals surface area contributed by atoms with Gasteiger partial charge in [0, 0.05) is 22.3 Å². The van der Waals surface area contributed by atoms with Crippen LogP contribution < -0.4 is 9.47 Å². The first-order chi connectivity index (χ1) is 23.6. The zero-order valence-corrected chi connectivity index (χ0v) is 27.7. The Balaban J connectivity index is 1.23. The van der Waals surface area contributed by atoms with Crippen molar-refractivity contribution in [2.24, 2.45) is 0 Å². The number of rotatable bonds is 9. The Morgan fingerprint density at radius 1 is 0.438 bits per heavy atom. The fourth-order valence-electron chi connectivity index (χ4n) is 5.45. The highest BCUT2D eigenvalue weighted by Crippen LogP contribution is 2.39. The van der Waals surface area contributed by atoms with Crippen LogP contribution in [0.15, 0.2) is 144 Å².